The van der Waals surface area contributed by atoms with Crippen molar-refractivity contribution in [3.8, 4) is 0 Å². The standard InChI is InChI=1S/C9H17N3O/c13-7-5-3-1-2-4-6-12-9-10-8-11-12/h8-9,13H,1-7H2. The lowest BCUT2D eigenvalue weighted by Crippen LogP contribution is -1.97. The molecule has 1 rings (SSSR count). The SMILES string of the molecule is OCCCCCCCn1cncn1. The normalized spacial score (nSPS) is 10.5. The second-order valence-corrected chi connectivity index (χ2v) is 3.15. The van der Waals surface area contributed by atoms with E-state index in [-0.39, 0.29) is 0 Å². The molecule has 4 nitrogen and oxygen atoms in total. The Morgan fingerprint density at radius 2 is 1.85 bits per heavy atom. The zero-order chi connectivity index (χ0) is 9.36. The van der Waals surface area contributed by atoms with Gasteiger partial charge in [0.05, 0.1) is 0 Å². The number of aromatic nitrogens is 3. The topological polar surface area (TPSA) is 50.9 Å². The Kier molecular flexibility index (Phi) is 5.17. The summed E-state index contributed by atoms with van der Waals surface area (Å²) in [7, 11) is 0. The smallest absolute Gasteiger partial charge is 0.137 e. The van der Waals surface area contributed by atoms with Crippen LogP contribution in [0.15, 0.2) is 12.7 Å². The summed E-state index contributed by atoms with van der Waals surface area (Å²) in [5, 5.41) is 12.6. The molecule has 1 aromatic rings. The van der Waals surface area contributed by atoms with Gasteiger partial charge in [-0.25, -0.2) is 4.98 Å². The van der Waals surface area contributed by atoms with Crippen LogP contribution in [0.1, 0.15) is 32.1 Å². The molecule has 0 aliphatic carbocycles. The van der Waals surface area contributed by atoms with Gasteiger partial charge in [0, 0.05) is 13.2 Å². The molecule has 0 aromatic carbocycles. The number of aliphatic hydroxyl groups is 1. The lowest BCUT2D eigenvalue weighted by molar-refractivity contribution is 0.282. The van der Waals surface area contributed by atoms with Crippen molar-refractivity contribution in [2.45, 2.75) is 38.6 Å². The number of unbranched alkanes of at least 4 members (excludes halogenated alkanes) is 4. The largest absolute Gasteiger partial charge is 0.396 e. The van der Waals surface area contributed by atoms with Gasteiger partial charge in [-0.05, 0) is 12.8 Å². The Balaban J connectivity index is 1.90. The van der Waals surface area contributed by atoms with Gasteiger partial charge in [0.1, 0.15) is 12.7 Å². The number of hydrogen-bond donors (Lipinski definition) is 1. The van der Waals surface area contributed by atoms with Crippen molar-refractivity contribution >= 4 is 0 Å². The summed E-state index contributed by atoms with van der Waals surface area (Å²) < 4.78 is 1.85. The molecule has 0 aliphatic rings. The fourth-order valence-electron chi connectivity index (χ4n) is 1.26. The van der Waals surface area contributed by atoms with Gasteiger partial charge in [-0.15, -0.1) is 0 Å². The van der Waals surface area contributed by atoms with Gasteiger partial charge >= 0.3 is 0 Å². The van der Waals surface area contributed by atoms with Gasteiger partial charge in [0.2, 0.25) is 0 Å². The van der Waals surface area contributed by atoms with Crippen LogP contribution in [0.5, 0.6) is 0 Å². The molecule has 0 fully saturated rings. The van der Waals surface area contributed by atoms with Gasteiger partial charge in [-0.3, -0.25) is 4.68 Å². The van der Waals surface area contributed by atoms with Crippen LogP contribution in [0.25, 0.3) is 0 Å². The molecule has 0 amide bonds. The van der Waals surface area contributed by atoms with E-state index in [2.05, 4.69) is 10.1 Å². The summed E-state index contributed by atoms with van der Waals surface area (Å²) >= 11 is 0. The fraction of sp³-hybridized carbons (Fsp3) is 0.778. The summed E-state index contributed by atoms with van der Waals surface area (Å²) in [5.41, 5.74) is 0. The van der Waals surface area contributed by atoms with E-state index in [1.165, 1.54) is 12.8 Å². The molecule has 4 heteroatoms. The maximum absolute atomic E-state index is 8.55. The molecular weight excluding hydrogens is 166 g/mol. The van der Waals surface area contributed by atoms with Crippen LogP contribution < -0.4 is 0 Å². The van der Waals surface area contributed by atoms with Crippen LogP contribution in [0, 0.1) is 0 Å². The van der Waals surface area contributed by atoms with Gasteiger partial charge < -0.3 is 5.11 Å². The van der Waals surface area contributed by atoms with Crippen molar-refractivity contribution in [2.75, 3.05) is 6.61 Å². The van der Waals surface area contributed by atoms with Crippen molar-refractivity contribution < 1.29 is 5.11 Å². The summed E-state index contributed by atoms with van der Waals surface area (Å²) in [5.74, 6) is 0. The minimum absolute atomic E-state index is 0.322. The molecule has 0 saturated heterocycles. The second kappa shape index (κ2) is 6.60. The van der Waals surface area contributed by atoms with E-state index in [4.69, 9.17) is 5.11 Å². The lowest BCUT2D eigenvalue weighted by Gasteiger charge is -2.00. The number of hydrogen-bond acceptors (Lipinski definition) is 3. The van der Waals surface area contributed by atoms with Crippen LogP contribution >= 0.6 is 0 Å². The quantitative estimate of drug-likeness (QED) is 0.647. The zero-order valence-corrected chi connectivity index (χ0v) is 7.89. The Morgan fingerprint density at radius 3 is 2.54 bits per heavy atom. The van der Waals surface area contributed by atoms with Crippen LogP contribution in [-0.2, 0) is 6.54 Å². The van der Waals surface area contributed by atoms with E-state index in [9.17, 15) is 0 Å². The highest BCUT2D eigenvalue weighted by atomic mass is 16.2. The third-order valence-corrected chi connectivity index (χ3v) is 2.01. The Labute approximate surface area is 78.6 Å². The van der Waals surface area contributed by atoms with E-state index in [1.807, 2.05) is 4.68 Å². The maximum Gasteiger partial charge on any atom is 0.137 e. The molecule has 0 spiro atoms. The predicted octanol–water partition coefficient (Wildman–Crippen LogP) is 1.22. The number of aliphatic hydroxyl groups excluding tert-OH is 1. The number of nitrogens with zero attached hydrogens (tertiary/aromatic N) is 3. The molecule has 1 N–H and O–H groups in total. The summed E-state index contributed by atoms with van der Waals surface area (Å²) in [4.78, 5) is 3.87. The number of aryl methyl sites for hydroxylation is 1. The lowest BCUT2D eigenvalue weighted by atomic mass is 10.1. The van der Waals surface area contributed by atoms with Crippen molar-refractivity contribution in [3.05, 3.63) is 12.7 Å². The molecular formula is C9H17N3O. The first kappa shape index (κ1) is 10.2. The summed E-state index contributed by atoms with van der Waals surface area (Å²) in [6.07, 6.45) is 8.93. The van der Waals surface area contributed by atoms with Crippen molar-refractivity contribution in [2.24, 2.45) is 0 Å². The first-order valence-corrected chi connectivity index (χ1v) is 4.87. The monoisotopic (exact) mass is 183 g/mol. The zero-order valence-electron chi connectivity index (χ0n) is 7.89. The third kappa shape index (κ3) is 4.62. The van der Waals surface area contributed by atoms with Gasteiger partial charge in [-0.1, -0.05) is 19.3 Å². The van der Waals surface area contributed by atoms with E-state index in [0.717, 1.165) is 25.8 Å². The van der Waals surface area contributed by atoms with Gasteiger partial charge in [0.25, 0.3) is 0 Å². The highest BCUT2D eigenvalue weighted by molar-refractivity contribution is 4.55. The summed E-state index contributed by atoms with van der Waals surface area (Å²) in [6, 6.07) is 0. The number of rotatable bonds is 7. The minimum Gasteiger partial charge on any atom is -0.396 e. The van der Waals surface area contributed by atoms with E-state index >= 15 is 0 Å². The molecule has 0 saturated carbocycles. The molecule has 0 bridgehead atoms. The molecule has 13 heavy (non-hydrogen) atoms. The average molecular weight is 183 g/mol. The molecule has 1 heterocycles. The van der Waals surface area contributed by atoms with E-state index in [0.29, 0.717) is 6.61 Å². The Bertz CT molecular complexity index is 199. The Hall–Kier alpha value is -0.900. The predicted molar refractivity (Wildman–Crippen MR) is 50.2 cm³/mol. The first-order valence-electron chi connectivity index (χ1n) is 4.87. The molecule has 74 valence electrons. The maximum atomic E-state index is 8.55. The van der Waals surface area contributed by atoms with E-state index < -0.39 is 0 Å². The summed E-state index contributed by atoms with van der Waals surface area (Å²) in [6.45, 7) is 1.28. The van der Waals surface area contributed by atoms with Crippen molar-refractivity contribution in [3.63, 3.8) is 0 Å². The van der Waals surface area contributed by atoms with Crippen molar-refractivity contribution in [1.82, 2.24) is 14.8 Å². The van der Waals surface area contributed by atoms with Gasteiger partial charge in [0.15, 0.2) is 0 Å². The molecule has 0 unspecified atom stereocenters. The molecule has 1 aromatic heterocycles. The average Bonchev–Trinajstić information content (AvgIpc) is 2.63. The fourth-order valence-corrected chi connectivity index (χ4v) is 1.26. The van der Waals surface area contributed by atoms with E-state index in [1.54, 1.807) is 12.7 Å². The second-order valence-electron chi connectivity index (χ2n) is 3.15. The Morgan fingerprint density at radius 1 is 1.08 bits per heavy atom. The molecule has 0 atom stereocenters. The molecule has 0 aliphatic heterocycles. The highest BCUT2D eigenvalue weighted by Crippen LogP contribution is 2.03. The molecule has 0 radical (unpaired) electrons. The van der Waals surface area contributed by atoms with Crippen LogP contribution in [0.4, 0.5) is 0 Å². The van der Waals surface area contributed by atoms with Crippen LogP contribution in [-0.4, -0.2) is 26.5 Å². The third-order valence-electron chi connectivity index (χ3n) is 2.01. The van der Waals surface area contributed by atoms with Crippen LogP contribution in [0.2, 0.25) is 0 Å². The van der Waals surface area contributed by atoms with Crippen LogP contribution in [0.3, 0.4) is 0 Å². The van der Waals surface area contributed by atoms with Gasteiger partial charge in [-0.2, -0.15) is 5.10 Å². The first-order chi connectivity index (χ1) is 6.43. The van der Waals surface area contributed by atoms with Crippen molar-refractivity contribution in [1.29, 1.82) is 0 Å². The highest BCUT2D eigenvalue weighted by Gasteiger charge is 1.92. The minimum atomic E-state index is 0.322.